The summed E-state index contributed by atoms with van der Waals surface area (Å²) in [6, 6.07) is 7.92. The van der Waals surface area contributed by atoms with Crippen LogP contribution >= 0.6 is 0 Å². The predicted octanol–water partition coefficient (Wildman–Crippen LogP) is 7.20. The number of benzene rings is 1. The number of aromatic nitrogens is 6. The van der Waals surface area contributed by atoms with E-state index in [-0.39, 0.29) is 28.3 Å². The lowest BCUT2D eigenvalue weighted by Gasteiger charge is -2.13. The van der Waals surface area contributed by atoms with Crippen LogP contribution in [0.25, 0.3) is 39.3 Å². The molecule has 4 heterocycles. The fourth-order valence-corrected chi connectivity index (χ4v) is 4.21. The molecule has 0 atom stereocenters. The number of aromatic amines is 2. The highest BCUT2D eigenvalue weighted by Gasteiger charge is 2.22. The van der Waals surface area contributed by atoms with Crippen LogP contribution in [0.2, 0.25) is 0 Å². The average Bonchev–Trinajstić information content (AvgIpc) is 3.52. The molecular weight excluding hydrogens is 496 g/mol. The summed E-state index contributed by atoms with van der Waals surface area (Å²) in [4.78, 5) is 16.6. The van der Waals surface area contributed by atoms with Crippen molar-refractivity contribution < 1.29 is 8.78 Å². The standard InChI is InChI=1S/C30H27F2N7/c1-6-7-23(19-8-10-21(31)11-9-19)27-18(5)36-30(37-27)28-25-26(32)24(15-34-29(25)39-38-28)20-12-22(14-33-13-20)35-17(4)16(2)3/h6-16,35H,1,4H2,2-3,5H3,(H,36,37)(H,34,38,39)/b23-7-. The third-order valence-electron chi connectivity index (χ3n) is 6.39. The van der Waals surface area contributed by atoms with Crippen molar-refractivity contribution in [2.45, 2.75) is 20.8 Å². The van der Waals surface area contributed by atoms with Crippen LogP contribution in [0.1, 0.15) is 30.8 Å². The van der Waals surface area contributed by atoms with Gasteiger partial charge in [0, 0.05) is 40.5 Å². The Morgan fingerprint density at radius 1 is 1.10 bits per heavy atom. The van der Waals surface area contributed by atoms with Gasteiger partial charge in [-0.1, -0.05) is 51.3 Å². The number of nitrogens with zero attached hydrogens (tertiary/aromatic N) is 4. The average molecular weight is 524 g/mol. The molecule has 0 unspecified atom stereocenters. The van der Waals surface area contributed by atoms with Crippen molar-refractivity contribution in [3.8, 4) is 22.6 Å². The summed E-state index contributed by atoms with van der Waals surface area (Å²) in [5, 5.41) is 10.5. The quantitative estimate of drug-likeness (QED) is 0.187. The lowest BCUT2D eigenvalue weighted by molar-refractivity contribution is 0.627. The molecule has 1 aromatic carbocycles. The summed E-state index contributed by atoms with van der Waals surface area (Å²) in [7, 11) is 0. The molecule has 3 N–H and O–H groups in total. The minimum atomic E-state index is -0.499. The summed E-state index contributed by atoms with van der Waals surface area (Å²) >= 11 is 0. The van der Waals surface area contributed by atoms with Gasteiger partial charge < -0.3 is 10.3 Å². The van der Waals surface area contributed by atoms with Gasteiger partial charge in [-0.2, -0.15) is 5.10 Å². The van der Waals surface area contributed by atoms with Crippen molar-refractivity contribution in [2.75, 3.05) is 5.32 Å². The number of H-pyrrole nitrogens is 2. The molecule has 0 amide bonds. The van der Waals surface area contributed by atoms with Crippen LogP contribution in [0.5, 0.6) is 0 Å². The molecule has 5 aromatic rings. The van der Waals surface area contributed by atoms with E-state index in [0.717, 1.165) is 22.5 Å². The Hall–Kier alpha value is -4.92. The Kier molecular flexibility index (Phi) is 6.89. The van der Waals surface area contributed by atoms with Gasteiger partial charge in [-0.15, -0.1) is 0 Å². The van der Waals surface area contributed by atoms with Crippen LogP contribution in [-0.2, 0) is 0 Å². The number of nitrogens with one attached hydrogen (secondary N) is 3. The van der Waals surface area contributed by atoms with E-state index in [4.69, 9.17) is 4.98 Å². The van der Waals surface area contributed by atoms with E-state index in [0.29, 0.717) is 28.5 Å². The number of rotatable bonds is 8. The first-order chi connectivity index (χ1) is 18.8. The summed E-state index contributed by atoms with van der Waals surface area (Å²) in [6.45, 7) is 13.8. The molecule has 4 aromatic heterocycles. The van der Waals surface area contributed by atoms with Crippen LogP contribution in [0, 0.1) is 24.5 Å². The van der Waals surface area contributed by atoms with Crippen LogP contribution < -0.4 is 5.32 Å². The van der Waals surface area contributed by atoms with Crippen molar-refractivity contribution in [1.29, 1.82) is 0 Å². The van der Waals surface area contributed by atoms with Gasteiger partial charge in [0.2, 0.25) is 0 Å². The van der Waals surface area contributed by atoms with E-state index >= 15 is 4.39 Å². The van der Waals surface area contributed by atoms with E-state index in [1.807, 2.05) is 20.8 Å². The lowest BCUT2D eigenvalue weighted by Crippen LogP contribution is -2.04. The Morgan fingerprint density at radius 2 is 1.87 bits per heavy atom. The molecule has 0 saturated heterocycles. The molecule has 5 rings (SSSR count). The number of fused-ring (bicyclic) bond motifs is 1. The third-order valence-corrected chi connectivity index (χ3v) is 6.39. The van der Waals surface area contributed by atoms with Gasteiger partial charge in [0.15, 0.2) is 11.5 Å². The SMILES string of the molecule is C=C/C=C(/c1ccc(F)cc1)c1nc(-c2[nH]nc3ncc(-c4cncc(NC(=C)C(C)C)c4)c(F)c23)[nH]c1C. The fraction of sp³-hybridized carbons (Fsp3) is 0.133. The number of pyridine rings is 2. The summed E-state index contributed by atoms with van der Waals surface area (Å²) in [6.07, 6.45) is 8.12. The molecule has 39 heavy (non-hydrogen) atoms. The van der Waals surface area contributed by atoms with E-state index in [9.17, 15) is 4.39 Å². The number of halogens is 2. The van der Waals surface area contributed by atoms with Gasteiger partial charge in [0.05, 0.1) is 23.0 Å². The number of hydrogen-bond acceptors (Lipinski definition) is 5. The van der Waals surface area contributed by atoms with Crippen molar-refractivity contribution >= 4 is 22.3 Å². The summed E-state index contributed by atoms with van der Waals surface area (Å²) in [5.41, 5.74) is 5.81. The minimum absolute atomic E-state index is 0.203. The maximum absolute atomic E-state index is 16.1. The zero-order valence-corrected chi connectivity index (χ0v) is 21.8. The van der Waals surface area contributed by atoms with Gasteiger partial charge in [0.25, 0.3) is 0 Å². The van der Waals surface area contributed by atoms with Gasteiger partial charge in [-0.05, 0) is 36.6 Å². The maximum Gasteiger partial charge on any atom is 0.184 e. The number of anilines is 1. The van der Waals surface area contributed by atoms with Crippen molar-refractivity contribution in [2.24, 2.45) is 5.92 Å². The van der Waals surface area contributed by atoms with E-state index in [1.165, 1.54) is 18.3 Å². The number of allylic oxidation sites excluding steroid dienone is 3. The Balaban J connectivity index is 1.58. The highest BCUT2D eigenvalue weighted by Crippen LogP contribution is 2.34. The van der Waals surface area contributed by atoms with Crippen LogP contribution in [-0.4, -0.2) is 30.1 Å². The van der Waals surface area contributed by atoms with Crippen LogP contribution in [0.3, 0.4) is 0 Å². The van der Waals surface area contributed by atoms with Crippen molar-refractivity contribution in [1.82, 2.24) is 30.1 Å². The first kappa shape index (κ1) is 25.7. The summed E-state index contributed by atoms with van der Waals surface area (Å²) < 4.78 is 29.6. The molecule has 0 bridgehead atoms. The highest BCUT2D eigenvalue weighted by molar-refractivity contribution is 5.93. The molecule has 196 valence electrons. The lowest BCUT2D eigenvalue weighted by atomic mass is 10.0. The molecule has 0 aliphatic heterocycles. The summed E-state index contributed by atoms with van der Waals surface area (Å²) in [5.74, 6) is -0.216. The molecule has 0 aliphatic rings. The third kappa shape index (κ3) is 4.98. The normalized spacial score (nSPS) is 11.8. The second-order valence-corrected chi connectivity index (χ2v) is 9.43. The Labute approximate surface area is 224 Å². The first-order valence-corrected chi connectivity index (χ1v) is 12.4. The molecule has 0 fully saturated rings. The highest BCUT2D eigenvalue weighted by atomic mass is 19.1. The fourth-order valence-electron chi connectivity index (χ4n) is 4.21. The topological polar surface area (TPSA) is 95.2 Å². The molecule has 0 radical (unpaired) electrons. The van der Waals surface area contributed by atoms with Gasteiger partial charge >= 0.3 is 0 Å². The number of hydrogen-bond donors (Lipinski definition) is 3. The molecule has 9 heteroatoms. The first-order valence-electron chi connectivity index (χ1n) is 12.4. The van der Waals surface area contributed by atoms with E-state index in [2.05, 4.69) is 43.6 Å². The van der Waals surface area contributed by atoms with Crippen molar-refractivity contribution in [3.05, 3.63) is 109 Å². The number of imidazole rings is 1. The maximum atomic E-state index is 16.1. The molecule has 0 aliphatic carbocycles. The monoisotopic (exact) mass is 523 g/mol. The Morgan fingerprint density at radius 3 is 2.59 bits per heavy atom. The van der Waals surface area contributed by atoms with Crippen LogP contribution in [0.15, 0.2) is 79.9 Å². The van der Waals surface area contributed by atoms with Gasteiger partial charge in [-0.3, -0.25) is 10.1 Å². The van der Waals surface area contributed by atoms with E-state index < -0.39 is 5.82 Å². The van der Waals surface area contributed by atoms with Crippen molar-refractivity contribution in [3.63, 3.8) is 0 Å². The van der Waals surface area contributed by atoms with Gasteiger partial charge in [0.1, 0.15) is 17.3 Å². The Bertz CT molecular complexity index is 1730. The molecule has 7 nitrogen and oxygen atoms in total. The van der Waals surface area contributed by atoms with Crippen LogP contribution in [0.4, 0.5) is 14.5 Å². The predicted molar refractivity (Wildman–Crippen MR) is 151 cm³/mol. The zero-order chi connectivity index (χ0) is 27.7. The second-order valence-electron chi connectivity index (χ2n) is 9.43. The number of aryl methyl sites for hydroxylation is 1. The zero-order valence-electron chi connectivity index (χ0n) is 21.8. The second kappa shape index (κ2) is 10.4. The largest absolute Gasteiger partial charge is 0.358 e. The molecule has 0 saturated carbocycles. The smallest absolute Gasteiger partial charge is 0.184 e. The van der Waals surface area contributed by atoms with Gasteiger partial charge in [-0.25, -0.2) is 18.7 Å². The minimum Gasteiger partial charge on any atom is -0.358 e. The van der Waals surface area contributed by atoms with E-state index in [1.54, 1.807) is 42.7 Å². The molecular formula is C30H27F2N7. The molecule has 0 spiro atoms.